The van der Waals surface area contributed by atoms with Crippen molar-refractivity contribution in [2.24, 2.45) is 0 Å². The van der Waals surface area contributed by atoms with Crippen LogP contribution in [0.3, 0.4) is 0 Å². The first kappa shape index (κ1) is 15.4. The minimum absolute atomic E-state index is 0.350. The standard InChI is InChI=1S/C16H21NO4/c1-10-5-6-12-11(9-10)7-8-17(13(12)14(18)19)15(20)21-16(2,3)4/h5-6,9,13H,7-8H2,1-4H3,(H,18,19). The fourth-order valence-corrected chi connectivity index (χ4v) is 2.54. The van der Waals surface area contributed by atoms with Crippen LogP contribution >= 0.6 is 0 Å². The zero-order chi connectivity index (χ0) is 15.8. The Bertz CT molecular complexity index is 574. The molecule has 21 heavy (non-hydrogen) atoms. The second-order valence-electron chi connectivity index (χ2n) is 6.37. The molecule has 0 bridgehead atoms. The number of aliphatic carboxylic acids is 1. The van der Waals surface area contributed by atoms with Crippen molar-refractivity contribution in [3.63, 3.8) is 0 Å². The van der Waals surface area contributed by atoms with Gasteiger partial charge in [-0.1, -0.05) is 23.8 Å². The van der Waals surface area contributed by atoms with E-state index in [0.29, 0.717) is 18.5 Å². The van der Waals surface area contributed by atoms with Gasteiger partial charge in [-0.25, -0.2) is 9.59 Å². The van der Waals surface area contributed by atoms with Crippen LogP contribution in [0.25, 0.3) is 0 Å². The number of benzene rings is 1. The van der Waals surface area contributed by atoms with Crippen LogP contribution < -0.4 is 0 Å². The molecule has 1 aromatic carbocycles. The highest BCUT2D eigenvalue weighted by molar-refractivity contribution is 5.82. The molecular formula is C16H21NO4. The van der Waals surface area contributed by atoms with Crippen molar-refractivity contribution < 1.29 is 19.4 Å². The van der Waals surface area contributed by atoms with Gasteiger partial charge < -0.3 is 9.84 Å². The van der Waals surface area contributed by atoms with Crippen molar-refractivity contribution >= 4 is 12.1 Å². The molecular weight excluding hydrogens is 270 g/mol. The Morgan fingerprint density at radius 3 is 2.57 bits per heavy atom. The van der Waals surface area contributed by atoms with Crippen LogP contribution in [0, 0.1) is 6.92 Å². The third-order valence-electron chi connectivity index (χ3n) is 3.39. The Morgan fingerprint density at radius 2 is 2.00 bits per heavy atom. The summed E-state index contributed by atoms with van der Waals surface area (Å²) in [6, 6.07) is 4.66. The van der Waals surface area contributed by atoms with Gasteiger partial charge in [-0.15, -0.1) is 0 Å². The molecule has 0 spiro atoms. The van der Waals surface area contributed by atoms with Gasteiger partial charge in [0.25, 0.3) is 0 Å². The van der Waals surface area contributed by atoms with Crippen molar-refractivity contribution in [3.8, 4) is 0 Å². The first-order valence-corrected chi connectivity index (χ1v) is 7.01. The zero-order valence-electron chi connectivity index (χ0n) is 12.8. The number of hydrogen-bond donors (Lipinski definition) is 1. The minimum Gasteiger partial charge on any atom is -0.479 e. The summed E-state index contributed by atoms with van der Waals surface area (Å²) in [5.74, 6) is -1.04. The first-order valence-electron chi connectivity index (χ1n) is 7.01. The van der Waals surface area contributed by atoms with Gasteiger partial charge in [0.1, 0.15) is 5.60 Å². The molecule has 1 aromatic rings. The fraction of sp³-hybridized carbons (Fsp3) is 0.500. The molecule has 5 nitrogen and oxygen atoms in total. The molecule has 0 saturated heterocycles. The molecule has 1 unspecified atom stereocenters. The van der Waals surface area contributed by atoms with Crippen LogP contribution in [0.15, 0.2) is 18.2 Å². The van der Waals surface area contributed by atoms with Gasteiger partial charge in [0.05, 0.1) is 0 Å². The Balaban J connectivity index is 2.35. The van der Waals surface area contributed by atoms with E-state index in [4.69, 9.17) is 4.74 Å². The third kappa shape index (κ3) is 3.35. The minimum atomic E-state index is -1.04. The summed E-state index contributed by atoms with van der Waals surface area (Å²) in [6.07, 6.45) is 0.0566. The molecule has 1 aliphatic heterocycles. The third-order valence-corrected chi connectivity index (χ3v) is 3.39. The fourth-order valence-electron chi connectivity index (χ4n) is 2.54. The molecule has 114 valence electrons. The number of fused-ring (bicyclic) bond motifs is 1. The van der Waals surface area contributed by atoms with Crippen LogP contribution in [0.4, 0.5) is 4.79 Å². The number of ether oxygens (including phenoxy) is 1. The summed E-state index contributed by atoms with van der Waals surface area (Å²) in [7, 11) is 0. The maximum absolute atomic E-state index is 12.2. The second-order valence-corrected chi connectivity index (χ2v) is 6.37. The summed E-state index contributed by atoms with van der Waals surface area (Å²) in [5.41, 5.74) is 2.10. The van der Waals surface area contributed by atoms with Crippen LogP contribution in [0.5, 0.6) is 0 Å². The van der Waals surface area contributed by atoms with Gasteiger partial charge >= 0.3 is 12.1 Å². The maximum Gasteiger partial charge on any atom is 0.411 e. The normalized spacial score (nSPS) is 18.1. The molecule has 0 aliphatic carbocycles. The number of carbonyl (C=O) groups excluding carboxylic acids is 1. The van der Waals surface area contributed by atoms with Crippen molar-refractivity contribution in [2.45, 2.75) is 45.8 Å². The number of aryl methyl sites for hydroxylation is 1. The Hall–Kier alpha value is -2.04. The molecule has 1 aliphatic rings. The van der Waals surface area contributed by atoms with Gasteiger partial charge in [0.15, 0.2) is 6.04 Å². The van der Waals surface area contributed by atoms with E-state index in [9.17, 15) is 14.7 Å². The second kappa shape index (κ2) is 5.39. The molecule has 5 heteroatoms. The maximum atomic E-state index is 12.2. The molecule has 0 radical (unpaired) electrons. The van der Waals surface area contributed by atoms with Gasteiger partial charge in [-0.05, 0) is 45.2 Å². The van der Waals surface area contributed by atoms with Gasteiger partial charge in [-0.3, -0.25) is 4.90 Å². The van der Waals surface area contributed by atoms with Crippen LogP contribution in [-0.2, 0) is 16.0 Å². The van der Waals surface area contributed by atoms with E-state index in [1.165, 1.54) is 4.90 Å². The lowest BCUT2D eigenvalue weighted by atomic mass is 9.91. The highest BCUT2D eigenvalue weighted by Gasteiger charge is 2.37. The van der Waals surface area contributed by atoms with E-state index >= 15 is 0 Å². The molecule has 1 heterocycles. The van der Waals surface area contributed by atoms with Crippen molar-refractivity contribution in [1.29, 1.82) is 0 Å². The number of nitrogens with zero attached hydrogens (tertiary/aromatic N) is 1. The van der Waals surface area contributed by atoms with E-state index in [-0.39, 0.29) is 0 Å². The lowest BCUT2D eigenvalue weighted by Gasteiger charge is -2.35. The van der Waals surface area contributed by atoms with E-state index < -0.39 is 23.7 Å². The molecule has 2 rings (SSSR count). The molecule has 1 atom stereocenters. The Labute approximate surface area is 124 Å². The largest absolute Gasteiger partial charge is 0.479 e. The summed E-state index contributed by atoms with van der Waals surface area (Å²) < 4.78 is 5.32. The first-order chi connectivity index (χ1) is 9.69. The number of rotatable bonds is 1. The highest BCUT2D eigenvalue weighted by Crippen LogP contribution is 2.31. The summed E-state index contributed by atoms with van der Waals surface area (Å²) in [6.45, 7) is 7.62. The van der Waals surface area contributed by atoms with E-state index in [1.807, 2.05) is 19.1 Å². The summed E-state index contributed by atoms with van der Waals surface area (Å²) in [5, 5.41) is 9.52. The molecule has 1 N–H and O–H groups in total. The van der Waals surface area contributed by atoms with Crippen molar-refractivity contribution in [2.75, 3.05) is 6.54 Å². The quantitative estimate of drug-likeness (QED) is 0.864. The topological polar surface area (TPSA) is 66.8 Å². The highest BCUT2D eigenvalue weighted by atomic mass is 16.6. The molecule has 0 saturated carbocycles. The number of amides is 1. The van der Waals surface area contributed by atoms with Crippen LogP contribution in [0.1, 0.15) is 43.5 Å². The number of carbonyl (C=O) groups is 2. The lowest BCUT2D eigenvalue weighted by Crippen LogP contribution is -2.45. The van der Waals surface area contributed by atoms with Crippen molar-refractivity contribution in [1.82, 2.24) is 4.90 Å². The van der Waals surface area contributed by atoms with E-state index in [0.717, 1.165) is 11.1 Å². The zero-order valence-corrected chi connectivity index (χ0v) is 12.8. The van der Waals surface area contributed by atoms with Gasteiger partial charge in [0, 0.05) is 6.54 Å². The van der Waals surface area contributed by atoms with Gasteiger partial charge in [-0.2, -0.15) is 0 Å². The van der Waals surface area contributed by atoms with E-state index in [2.05, 4.69) is 0 Å². The summed E-state index contributed by atoms with van der Waals surface area (Å²) >= 11 is 0. The molecule has 0 aromatic heterocycles. The predicted octanol–water partition coefficient (Wildman–Crippen LogP) is 2.91. The summed E-state index contributed by atoms with van der Waals surface area (Å²) in [4.78, 5) is 25.2. The number of hydrogen-bond acceptors (Lipinski definition) is 3. The Morgan fingerprint density at radius 1 is 1.33 bits per heavy atom. The smallest absolute Gasteiger partial charge is 0.411 e. The van der Waals surface area contributed by atoms with Crippen LogP contribution in [-0.4, -0.2) is 34.2 Å². The SMILES string of the molecule is Cc1ccc2c(c1)CCN(C(=O)OC(C)(C)C)C2C(=O)O. The average Bonchev–Trinajstić information content (AvgIpc) is 2.34. The monoisotopic (exact) mass is 291 g/mol. The lowest BCUT2D eigenvalue weighted by molar-refractivity contribution is -0.143. The number of carboxylic acid groups (broad SMARTS) is 1. The van der Waals surface area contributed by atoms with E-state index in [1.54, 1.807) is 26.8 Å². The van der Waals surface area contributed by atoms with Crippen molar-refractivity contribution in [3.05, 3.63) is 34.9 Å². The van der Waals surface area contributed by atoms with Gasteiger partial charge in [0.2, 0.25) is 0 Å². The Kier molecular flexibility index (Phi) is 3.94. The predicted molar refractivity (Wildman–Crippen MR) is 78.2 cm³/mol. The molecule has 0 fully saturated rings. The van der Waals surface area contributed by atoms with Crippen LogP contribution in [0.2, 0.25) is 0 Å². The number of carboxylic acids is 1. The molecule has 1 amide bonds. The average molecular weight is 291 g/mol.